The van der Waals surface area contributed by atoms with Gasteiger partial charge >= 0.3 is 5.97 Å². The van der Waals surface area contributed by atoms with Gasteiger partial charge in [0.25, 0.3) is 0 Å². The molecule has 0 aromatic heterocycles. The summed E-state index contributed by atoms with van der Waals surface area (Å²) in [5, 5.41) is 0. The van der Waals surface area contributed by atoms with E-state index < -0.39 is 0 Å². The second kappa shape index (κ2) is 6.43. The van der Waals surface area contributed by atoms with E-state index in [0.29, 0.717) is 18.9 Å². The van der Waals surface area contributed by atoms with Crippen LogP contribution in [0.5, 0.6) is 5.75 Å². The van der Waals surface area contributed by atoms with Crippen molar-refractivity contribution < 1.29 is 14.3 Å². The van der Waals surface area contributed by atoms with Crippen LogP contribution < -0.4 is 4.74 Å². The topological polar surface area (TPSA) is 35.5 Å². The molecular weight excluding hydrogens is 228 g/mol. The molecular formula is C15H20O3. The van der Waals surface area contributed by atoms with Crippen LogP contribution in [-0.2, 0) is 16.1 Å². The largest absolute Gasteiger partial charge is 0.497 e. The Morgan fingerprint density at radius 2 is 1.89 bits per heavy atom. The van der Waals surface area contributed by atoms with Crippen LogP contribution in [0.1, 0.15) is 37.7 Å². The maximum atomic E-state index is 11.6. The van der Waals surface area contributed by atoms with Crippen molar-refractivity contribution in [3.63, 3.8) is 0 Å². The molecule has 1 aromatic rings. The first-order valence-corrected chi connectivity index (χ1v) is 6.56. The van der Waals surface area contributed by atoms with Gasteiger partial charge in [-0.3, -0.25) is 4.79 Å². The monoisotopic (exact) mass is 248 g/mol. The van der Waals surface area contributed by atoms with Crippen LogP contribution >= 0.6 is 0 Å². The average Bonchev–Trinajstić information content (AvgIpc) is 2.90. The number of methoxy groups -OCH3 is 1. The van der Waals surface area contributed by atoms with E-state index in [1.807, 2.05) is 24.3 Å². The third-order valence-electron chi connectivity index (χ3n) is 3.49. The van der Waals surface area contributed by atoms with Crippen LogP contribution in [0, 0.1) is 5.92 Å². The molecule has 3 heteroatoms. The fourth-order valence-corrected chi connectivity index (χ4v) is 2.39. The standard InChI is InChI=1S/C15H20O3/c1-17-14-8-6-13(7-9-14)11-18-15(16)10-12-4-2-3-5-12/h6-9,12H,2-5,10-11H2,1H3. The predicted molar refractivity (Wildman–Crippen MR) is 69.4 cm³/mol. The summed E-state index contributed by atoms with van der Waals surface area (Å²) < 4.78 is 10.4. The third-order valence-corrected chi connectivity index (χ3v) is 3.49. The molecule has 0 radical (unpaired) electrons. The number of ether oxygens (including phenoxy) is 2. The van der Waals surface area contributed by atoms with Crippen molar-refractivity contribution in [1.29, 1.82) is 0 Å². The highest BCUT2D eigenvalue weighted by atomic mass is 16.5. The molecule has 98 valence electrons. The Balaban J connectivity index is 1.74. The van der Waals surface area contributed by atoms with Gasteiger partial charge in [0.2, 0.25) is 0 Å². The molecule has 1 aliphatic rings. The van der Waals surface area contributed by atoms with E-state index in [-0.39, 0.29) is 5.97 Å². The zero-order chi connectivity index (χ0) is 12.8. The minimum Gasteiger partial charge on any atom is -0.497 e. The quantitative estimate of drug-likeness (QED) is 0.750. The molecule has 2 rings (SSSR count). The van der Waals surface area contributed by atoms with Gasteiger partial charge in [0.05, 0.1) is 7.11 Å². The van der Waals surface area contributed by atoms with Crippen molar-refractivity contribution >= 4 is 5.97 Å². The van der Waals surface area contributed by atoms with Gasteiger partial charge in [0.1, 0.15) is 12.4 Å². The molecule has 0 N–H and O–H groups in total. The molecule has 0 atom stereocenters. The highest BCUT2D eigenvalue weighted by molar-refractivity contribution is 5.69. The van der Waals surface area contributed by atoms with Crippen LogP contribution in [0.2, 0.25) is 0 Å². The zero-order valence-electron chi connectivity index (χ0n) is 10.9. The highest BCUT2D eigenvalue weighted by Crippen LogP contribution is 2.27. The molecule has 0 bridgehead atoms. The number of hydrogen-bond acceptors (Lipinski definition) is 3. The summed E-state index contributed by atoms with van der Waals surface area (Å²) in [6, 6.07) is 7.59. The molecule has 1 saturated carbocycles. The summed E-state index contributed by atoms with van der Waals surface area (Å²) in [6.07, 6.45) is 5.46. The van der Waals surface area contributed by atoms with E-state index in [0.717, 1.165) is 11.3 Å². The van der Waals surface area contributed by atoms with Gasteiger partial charge < -0.3 is 9.47 Å². The van der Waals surface area contributed by atoms with Crippen molar-refractivity contribution in [2.75, 3.05) is 7.11 Å². The Labute approximate surface area is 108 Å². The van der Waals surface area contributed by atoms with Crippen molar-refractivity contribution in [3.05, 3.63) is 29.8 Å². The zero-order valence-corrected chi connectivity index (χ0v) is 10.9. The van der Waals surface area contributed by atoms with Crippen molar-refractivity contribution in [3.8, 4) is 5.75 Å². The van der Waals surface area contributed by atoms with E-state index in [1.165, 1.54) is 25.7 Å². The minimum absolute atomic E-state index is 0.0716. The van der Waals surface area contributed by atoms with Crippen LogP contribution in [0.15, 0.2) is 24.3 Å². The average molecular weight is 248 g/mol. The number of hydrogen-bond donors (Lipinski definition) is 0. The van der Waals surface area contributed by atoms with Gasteiger partial charge in [0.15, 0.2) is 0 Å². The van der Waals surface area contributed by atoms with Gasteiger partial charge in [-0.25, -0.2) is 0 Å². The Morgan fingerprint density at radius 1 is 1.22 bits per heavy atom. The summed E-state index contributed by atoms with van der Waals surface area (Å²) in [6.45, 7) is 0.357. The third kappa shape index (κ3) is 3.76. The van der Waals surface area contributed by atoms with E-state index in [2.05, 4.69) is 0 Å². The lowest BCUT2D eigenvalue weighted by Gasteiger charge is -2.09. The van der Waals surface area contributed by atoms with Crippen molar-refractivity contribution in [1.82, 2.24) is 0 Å². The van der Waals surface area contributed by atoms with Crippen LogP contribution in [0.4, 0.5) is 0 Å². The Bertz CT molecular complexity index is 377. The molecule has 0 saturated heterocycles. The second-order valence-electron chi connectivity index (χ2n) is 4.86. The summed E-state index contributed by atoms with van der Waals surface area (Å²) in [7, 11) is 1.64. The molecule has 0 aliphatic heterocycles. The normalized spacial score (nSPS) is 15.6. The van der Waals surface area contributed by atoms with Crippen LogP contribution in [0.3, 0.4) is 0 Å². The van der Waals surface area contributed by atoms with Crippen LogP contribution in [-0.4, -0.2) is 13.1 Å². The number of esters is 1. The SMILES string of the molecule is COc1ccc(COC(=O)CC2CCCC2)cc1. The molecule has 0 spiro atoms. The fraction of sp³-hybridized carbons (Fsp3) is 0.533. The molecule has 1 aromatic carbocycles. The van der Waals surface area contributed by atoms with E-state index in [1.54, 1.807) is 7.11 Å². The molecule has 1 aliphatic carbocycles. The lowest BCUT2D eigenvalue weighted by molar-refractivity contribution is -0.146. The van der Waals surface area contributed by atoms with Crippen molar-refractivity contribution in [2.45, 2.75) is 38.7 Å². The van der Waals surface area contributed by atoms with Gasteiger partial charge in [0, 0.05) is 6.42 Å². The first kappa shape index (κ1) is 12.9. The number of carbonyl (C=O) groups is 1. The molecule has 0 unspecified atom stereocenters. The minimum atomic E-state index is -0.0716. The van der Waals surface area contributed by atoms with E-state index in [9.17, 15) is 4.79 Å². The lowest BCUT2D eigenvalue weighted by atomic mass is 10.0. The predicted octanol–water partition coefficient (Wildman–Crippen LogP) is 3.32. The van der Waals surface area contributed by atoms with Crippen molar-refractivity contribution in [2.24, 2.45) is 5.92 Å². The number of rotatable bonds is 5. The number of carbonyl (C=O) groups excluding carboxylic acids is 1. The van der Waals surface area contributed by atoms with Crippen LogP contribution in [0.25, 0.3) is 0 Å². The molecule has 18 heavy (non-hydrogen) atoms. The van der Waals surface area contributed by atoms with E-state index >= 15 is 0 Å². The molecule has 3 nitrogen and oxygen atoms in total. The maximum Gasteiger partial charge on any atom is 0.306 e. The molecule has 0 heterocycles. The Morgan fingerprint density at radius 3 is 2.50 bits per heavy atom. The summed E-state index contributed by atoms with van der Waals surface area (Å²) in [5.74, 6) is 1.29. The smallest absolute Gasteiger partial charge is 0.306 e. The maximum absolute atomic E-state index is 11.6. The highest BCUT2D eigenvalue weighted by Gasteiger charge is 2.19. The Hall–Kier alpha value is -1.51. The van der Waals surface area contributed by atoms with Gasteiger partial charge in [-0.2, -0.15) is 0 Å². The van der Waals surface area contributed by atoms with E-state index in [4.69, 9.17) is 9.47 Å². The first-order chi connectivity index (χ1) is 8.78. The molecule has 1 fully saturated rings. The lowest BCUT2D eigenvalue weighted by Crippen LogP contribution is -2.09. The Kier molecular flexibility index (Phi) is 4.62. The first-order valence-electron chi connectivity index (χ1n) is 6.56. The fourth-order valence-electron chi connectivity index (χ4n) is 2.39. The number of benzene rings is 1. The van der Waals surface area contributed by atoms with Gasteiger partial charge in [-0.05, 0) is 36.5 Å². The second-order valence-corrected chi connectivity index (χ2v) is 4.86. The summed E-state index contributed by atoms with van der Waals surface area (Å²) in [4.78, 5) is 11.6. The van der Waals surface area contributed by atoms with Gasteiger partial charge in [-0.15, -0.1) is 0 Å². The molecule has 0 amide bonds. The summed E-state index contributed by atoms with van der Waals surface area (Å²) >= 11 is 0. The van der Waals surface area contributed by atoms with Gasteiger partial charge in [-0.1, -0.05) is 25.0 Å². The summed E-state index contributed by atoms with van der Waals surface area (Å²) in [5.41, 5.74) is 0.996.